The lowest BCUT2D eigenvalue weighted by molar-refractivity contribution is 0.561. The number of hydrogen-bond donors (Lipinski definition) is 0. The predicted molar refractivity (Wildman–Crippen MR) is 58.7 cm³/mol. The van der Waals surface area contributed by atoms with Gasteiger partial charge in [0.1, 0.15) is 22.3 Å². The molecular weight excluding hydrogens is 198 g/mol. The molecule has 4 nitrogen and oxygen atoms in total. The monoisotopic (exact) mass is 213 g/mol. The van der Waals surface area contributed by atoms with Crippen LogP contribution < -0.4 is 0 Å². The summed E-state index contributed by atoms with van der Waals surface area (Å²) in [7, 11) is 1.87. The minimum absolute atomic E-state index is 0.310. The highest BCUT2D eigenvalue weighted by Gasteiger charge is 2.25. The quantitative estimate of drug-likeness (QED) is 0.549. The summed E-state index contributed by atoms with van der Waals surface area (Å²) in [6, 6.07) is 0. The van der Waals surface area contributed by atoms with E-state index in [0.29, 0.717) is 0 Å². The molecule has 0 aliphatic heterocycles. The van der Waals surface area contributed by atoms with Crippen LogP contribution in [0.4, 0.5) is 0 Å². The average Bonchev–Trinajstić information content (AvgIpc) is 2.45. The number of imidazole rings is 1. The van der Waals surface area contributed by atoms with Crippen LogP contribution in [-0.2, 0) is 18.4 Å². The van der Waals surface area contributed by atoms with Crippen LogP contribution in [0.3, 0.4) is 0 Å². The van der Waals surface area contributed by atoms with Crippen LogP contribution in [0.15, 0.2) is 16.9 Å². The van der Waals surface area contributed by atoms with Gasteiger partial charge in [0, 0.05) is 7.05 Å². The maximum atomic E-state index is 11.6. The van der Waals surface area contributed by atoms with E-state index in [0.717, 1.165) is 5.69 Å². The van der Waals surface area contributed by atoms with E-state index in [2.05, 4.69) is 9.38 Å². The van der Waals surface area contributed by atoms with Crippen molar-refractivity contribution >= 4 is 17.6 Å². The third-order valence-electron chi connectivity index (χ3n) is 1.66. The van der Waals surface area contributed by atoms with Crippen molar-refractivity contribution in [3.63, 3.8) is 0 Å². The summed E-state index contributed by atoms with van der Waals surface area (Å²) in [5.41, 5.74) is 0.850. The summed E-state index contributed by atoms with van der Waals surface area (Å²) in [5.74, 6) is 0. The normalized spacial score (nSPS) is 14.9. The Morgan fingerprint density at radius 1 is 1.57 bits per heavy atom. The fraction of sp³-hybridized carbons (Fsp3) is 0.556. The zero-order chi connectivity index (χ0) is 10.8. The van der Waals surface area contributed by atoms with Gasteiger partial charge in [-0.25, -0.2) is 4.98 Å². The number of hydrogen-bond acceptors (Lipinski definition) is 3. The molecule has 14 heavy (non-hydrogen) atoms. The number of aromatic nitrogens is 2. The van der Waals surface area contributed by atoms with Crippen LogP contribution in [0.1, 0.15) is 26.5 Å². The first-order chi connectivity index (χ1) is 6.41. The fourth-order valence-electron chi connectivity index (χ4n) is 0.752. The van der Waals surface area contributed by atoms with Crippen LogP contribution in [0.2, 0.25) is 0 Å². The van der Waals surface area contributed by atoms with Crippen LogP contribution >= 0.6 is 0 Å². The Labute approximate surface area is 87.4 Å². The Morgan fingerprint density at radius 3 is 2.64 bits per heavy atom. The van der Waals surface area contributed by atoms with E-state index in [1.165, 1.54) is 0 Å². The molecular formula is C9H15N3OS. The zero-order valence-electron chi connectivity index (χ0n) is 8.89. The van der Waals surface area contributed by atoms with Crippen molar-refractivity contribution in [2.45, 2.75) is 25.5 Å². The molecule has 0 saturated carbocycles. The van der Waals surface area contributed by atoms with Crippen molar-refractivity contribution in [1.29, 1.82) is 0 Å². The van der Waals surface area contributed by atoms with E-state index >= 15 is 0 Å². The standard InChI is InChI=1S/C9H15N3OS/c1-9(2,3)14(13)11-6-8-5-10-7-12(8)4/h5-7H,1-4H3/b11-6+. The number of nitrogens with zero attached hydrogens (tertiary/aromatic N) is 3. The molecule has 0 saturated heterocycles. The molecule has 0 spiro atoms. The molecule has 78 valence electrons. The fourth-order valence-corrected chi connectivity index (χ4v) is 1.27. The first-order valence-electron chi connectivity index (χ1n) is 4.33. The van der Waals surface area contributed by atoms with Crippen LogP contribution in [0.5, 0.6) is 0 Å². The van der Waals surface area contributed by atoms with Gasteiger partial charge in [0.25, 0.3) is 0 Å². The summed E-state index contributed by atoms with van der Waals surface area (Å²) in [4.78, 5) is 3.93. The highest BCUT2D eigenvalue weighted by atomic mass is 32.2. The third kappa shape index (κ3) is 2.85. The van der Waals surface area contributed by atoms with Gasteiger partial charge in [-0.15, -0.1) is 0 Å². The Bertz CT molecular complexity index is 327. The highest BCUT2D eigenvalue weighted by molar-refractivity contribution is 7.91. The van der Waals surface area contributed by atoms with Crippen LogP contribution in [0.25, 0.3) is 0 Å². The van der Waals surface area contributed by atoms with Crippen LogP contribution in [0, 0.1) is 0 Å². The summed E-state index contributed by atoms with van der Waals surface area (Å²) in [6.45, 7) is 5.68. The molecule has 5 heteroatoms. The maximum absolute atomic E-state index is 11.6. The Balaban J connectivity index is 2.70. The topological polar surface area (TPSA) is 53.2 Å². The largest absolute Gasteiger partial charge is 0.591 e. The Hall–Kier alpha value is -0.810. The van der Waals surface area contributed by atoms with Crippen molar-refractivity contribution in [2.75, 3.05) is 0 Å². The lowest BCUT2D eigenvalue weighted by Gasteiger charge is -2.17. The first-order valence-corrected chi connectivity index (χ1v) is 5.44. The minimum atomic E-state index is -1.20. The van der Waals surface area contributed by atoms with Gasteiger partial charge in [-0.1, -0.05) is 4.40 Å². The van der Waals surface area contributed by atoms with E-state index in [9.17, 15) is 4.55 Å². The lowest BCUT2D eigenvalue weighted by atomic mass is 10.3. The molecule has 0 bridgehead atoms. The molecule has 0 aromatic carbocycles. The highest BCUT2D eigenvalue weighted by Crippen LogP contribution is 2.16. The van der Waals surface area contributed by atoms with Gasteiger partial charge in [0.2, 0.25) is 0 Å². The second-order valence-electron chi connectivity index (χ2n) is 4.03. The molecule has 1 aromatic heterocycles. The van der Waals surface area contributed by atoms with E-state index in [1.807, 2.05) is 32.4 Å². The molecule has 0 aliphatic rings. The van der Waals surface area contributed by atoms with Crippen molar-refractivity contribution in [2.24, 2.45) is 11.4 Å². The van der Waals surface area contributed by atoms with Gasteiger partial charge in [0.05, 0.1) is 18.2 Å². The lowest BCUT2D eigenvalue weighted by Crippen LogP contribution is -2.25. The summed E-state index contributed by atoms with van der Waals surface area (Å²) >= 11 is -1.20. The molecule has 0 aliphatic carbocycles. The number of aryl methyl sites for hydroxylation is 1. The summed E-state index contributed by atoms with van der Waals surface area (Å²) < 4.78 is 17.1. The smallest absolute Gasteiger partial charge is 0.144 e. The van der Waals surface area contributed by atoms with E-state index < -0.39 is 11.4 Å². The van der Waals surface area contributed by atoms with E-state index in [-0.39, 0.29) is 4.75 Å². The molecule has 0 radical (unpaired) electrons. The second kappa shape index (κ2) is 4.14. The van der Waals surface area contributed by atoms with Gasteiger partial charge >= 0.3 is 0 Å². The van der Waals surface area contributed by atoms with Crippen LogP contribution in [-0.4, -0.2) is 25.1 Å². The number of rotatable bonds is 2. The molecule has 1 atom stereocenters. The van der Waals surface area contributed by atoms with Crippen molar-refractivity contribution < 1.29 is 4.55 Å². The molecule has 1 unspecified atom stereocenters. The maximum Gasteiger partial charge on any atom is 0.144 e. The molecule has 1 rings (SSSR count). The van der Waals surface area contributed by atoms with Gasteiger partial charge in [-0.05, 0) is 20.8 Å². The molecule has 0 fully saturated rings. The summed E-state index contributed by atoms with van der Waals surface area (Å²) in [6.07, 6.45) is 4.96. The predicted octanol–water partition coefficient (Wildman–Crippen LogP) is 1.30. The molecule has 1 aromatic rings. The molecule has 0 N–H and O–H groups in total. The van der Waals surface area contributed by atoms with Crippen molar-refractivity contribution in [1.82, 2.24) is 9.55 Å². The van der Waals surface area contributed by atoms with Crippen molar-refractivity contribution in [3.8, 4) is 0 Å². The van der Waals surface area contributed by atoms with Gasteiger partial charge in [-0.2, -0.15) is 0 Å². The zero-order valence-corrected chi connectivity index (χ0v) is 9.71. The first kappa shape index (κ1) is 11.3. The Morgan fingerprint density at radius 2 is 2.21 bits per heavy atom. The van der Waals surface area contributed by atoms with E-state index in [4.69, 9.17) is 0 Å². The third-order valence-corrected chi connectivity index (χ3v) is 3.00. The SMILES string of the molecule is Cn1cncc1/C=N/[S+]([O-])C(C)(C)C. The molecule has 0 amide bonds. The second-order valence-corrected chi connectivity index (χ2v) is 5.96. The van der Waals surface area contributed by atoms with Crippen molar-refractivity contribution in [3.05, 3.63) is 18.2 Å². The van der Waals surface area contributed by atoms with Gasteiger partial charge in [0.15, 0.2) is 0 Å². The Kier molecular flexibility index (Phi) is 3.34. The molecule has 1 heterocycles. The average molecular weight is 213 g/mol. The van der Waals surface area contributed by atoms with Gasteiger partial charge in [-0.3, -0.25) is 0 Å². The van der Waals surface area contributed by atoms with E-state index in [1.54, 1.807) is 18.7 Å². The minimum Gasteiger partial charge on any atom is -0.591 e. The summed E-state index contributed by atoms with van der Waals surface area (Å²) in [5, 5.41) is 0. The van der Waals surface area contributed by atoms with Gasteiger partial charge < -0.3 is 9.12 Å².